The van der Waals surface area contributed by atoms with Crippen molar-refractivity contribution < 1.29 is 14.3 Å². The van der Waals surface area contributed by atoms with E-state index in [1.54, 1.807) is 25.5 Å². The Labute approximate surface area is 185 Å². The number of rotatable bonds is 7. The molecule has 3 rings (SSSR count). The molecule has 1 aliphatic heterocycles. The van der Waals surface area contributed by atoms with Crippen LogP contribution in [0, 0.1) is 6.92 Å². The van der Waals surface area contributed by atoms with Crippen LogP contribution in [-0.2, 0) is 4.79 Å². The first kappa shape index (κ1) is 22.7. The summed E-state index contributed by atoms with van der Waals surface area (Å²) in [5, 5.41) is 4.15. The molecule has 6 heteroatoms. The van der Waals surface area contributed by atoms with Crippen molar-refractivity contribution in [1.82, 2.24) is 5.43 Å². The van der Waals surface area contributed by atoms with Crippen molar-refractivity contribution in [3.63, 3.8) is 0 Å². The third kappa shape index (κ3) is 5.01. The summed E-state index contributed by atoms with van der Waals surface area (Å²) in [7, 11) is 1.56. The highest BCUT2D eigenvalue weighted by atomic mass is 16.5. The maximum absolute atomic E-state index is 12.1. The number of anilines is 1. The Morgan fingerprint density at radius 3 is 2.68 bits per heavy atom. The molecule has 0 bridgehead atoms. The fourth-order valence-corrected chi connectivity index (χ4v) is 4.48. The fourth-order valence-electron chi connectivity index (χ4n) is 4.48. The first-order chi connectivity index (χ1) is 14.8. The van der Waals surface area contributed by atoms with Crippen molar-refractivity contribution in [1.29, 1.82) is 0 Å². The van der Waals surface area contributed by atoms with Crippen LogP contribution in [0.1, 0.15) is 56.7 Å². The first-order valence-corrected chi connectivity index (χ1v) is 10.8. The highest BCUT2D eigenvalue weighted by Gasteiger charge is 2.35. The number of carbonyl (C=O) groups is 1. The van der Waals surface area contributed by atoms with E-state index in [1.165, 1.54) is 11.3 Å². The van der Waals surface area contributed by atoms with Crippen LogP contribution in [0.15, 0.2) is 41.5 Å². The van der Waals surface area contributed by atoms with Crippen LogP contribution < -0.4 is 19.8 Å². The molecule has 0 saturated heterocycles. The van der Waals surface area contributed by atoms with Gasteiger partial charge in [-0.25, -0.2) is 5.43 Å². The molecule has 0 aliphatic carbocycles. The third-order valence-electron chi connectivity index (χ3n) is 5.91. The number of amides is 1. The van der Waals surface area contributed by atoms with Crippen molar-refractivity contribution in [2.24, 2.45) is 5.10 Å². The summed E-state index contributed by atoms with van der Waals surface area (Å²) in [5.41, 5.74) is 7.45. The molecule has 1 amide bonds. The summed E-state index contributed by atoms with van der Waals surface area (Å²) >= 11 is 0. The number of aryl methyl sites for hydroxylation is 1. The topological polar surface area (TPSA) is 63.2 Å². The molecule has 2 aromatic rings. The number of methoxy groups -OCH3 is 1. The number of para-hydroxylation sites is 2. The van der Waals surface area contributed by atoms with E-state index in [4.69, 9.17) is 9.47 Å². The van der Waals surface area contributed by atoms with E-state index < -0.39 is 0 Å². The number of fused-ring (bicyclic) bond motifs is 1. The minimum absolute atomic E-state index is 0.138. The van der Waals surface area contributed by atoms with Gasteiger partial charge in [0.15, 0.2) is 18.1 Å². The summed E-state index contributed by atoms with van der Waals surface area (Å²) in [6.07, 6.45) is 2.81. The molecule has 0 saturated carbocycles. The van der Waals surface area contributed by atoms with Crippen LogP contribution in [0.2, 0.25) is 0 Å². The number of benzene rings is 2. The Morgan fingerprint density at radius 2 is 2.00 bits per heavy atom. The van der Waals surface area contributed by atoms with Gasteiger partial charge < -0.3 is 14.4 Å². The van der Waals surface area contributed by atoms with E-state index in [0.29, 0.717) is 17.4 Å². The van der Waals surface area contributed by atoms with Crippen LogP contribution >= 0.6 is 0 Å². The molecule has 1 aliphatic rings. The van der Waals surface area contributed by atoms with E-state index in [-0.39, 0.29) is 18.1 Å². The Bertz CT molecular complexity index is 968. The molecule has 166 valence electrons. The number of hydrogen-bond donors (Lipinski definition) is 1. The Balaban J connectivity index is 1.67. The number of nitrogens with zero attached hydrogens (tertiary/aromatic N) is 2. The van der Waals surface area contributed by atoms with E-state index in [1.807, 2.05) is 12.1 Å². The maximum atomic E-state index is 12.1. The summed E-state index contributed by atoms with van der Waals surface area (Å²) < 4.78 is 10.8. The van der Waals surface area contributed by atoms with Gasteiger partial charge in [0.05, 0.1) is 13.3 Å². The lowest BCUT2D eigenvalue weighted by Gasteiger charge is -2.47. The van der Waals surface area contributed by atoms with Crippen LogP contribution in [0.5, 0.6) is 11.5 Å². The second-order valence-corrected chi connectivity index (χ2v) is 8.66. The number of hydrazone groups is 1. The molecule has 0 spiro atoms. The number of hydrogen-bond acceptors (Lipinski definition) is 5. The van der Waals surface area contributed by atoms with Crippen molar-refractivity contribution in [3.05, 3.63) is 53.1 Å². The third-order valence-corrected chi connectivity index (χ3v) is 5.91. The predicted molar refractivity (Wildman–Crippen MR) is 126 cm³/mol. The number of carbonyl (C=O) groups excluding carboxylic acids is 1. The Morgan fingerprint density at radius 1 is 1.29 bits per heavy atom. The SMILES string of the molecule is CCN1c2cc(C)c(/C=N\NC(=O)COc3ccccc3OC)cc2C(C)CC1(C)C. The lowest BCUT2D eigenvalue weighted by molar-refractivity contribution is -0.123. The van der Waals surface area contributed by atoms with Crippen molar-refractivity contribution >= 4 is 17.8 Å². The highest BCUT2D eigenvalue weighted by Crippen LogP contribution is 2.44. The van der Waals surface area contributed by atoms with Crippen LogP contribution in [-0.4, -0.2) is 37.9 Å². The summed E-state index contributed by atoms with van der Waals surface area (Å²) in [6, 6.07) is 11.7. The van der Waals surface area contributed by atoms with E-state index in [0.717, 1.165) is 24.1 Å². The van der Waals surface area contributed by atoms with E-state index >= 15 is 0 Å². The second kappa shape index (κ2) is 9.41. The molecule has 0 fully saturated rings. The molecular formula is C25H33N3O3. The zero-order valence-electron chi connectivity index (χ0n) is 19.4. The number of nitrogens with one attached hydrogen (secondary N) is 1. The first-order valence-electron chi connectivity index (χ1n) is 10.8. The Kier molecular flexibility index (Phi) is 6.88. The standard InChI is InChI=1S/C25H33N3O3/c1-7-28-21-12-17(2)19(13-20(21)18(3)14-25(28,4)5)15-26-27-24(29)16-31-23-11-9-8-10-22(23)30-6/h8-13,15,18H,7,14,16H2,1-6H3,(H,27,29)/b26-15-. The lowest BCUT2D eigenvalue weighted by atomic mass is 9.79. The molecule has 0 radical (unpaired) electrons. The van der Waals surface area contributed by atoms with Crippen molar-refractivity contribution in [3.8, 4) is 11.5 Å². The molecule has 2 aromatic carbocycles. The summed E-state index contributed by atoms with van der Waals surface area (Å²) in [6.45, 7) is 12.0. The van der Waals surface area contributed by atoms with Crippen molar-refractivity contribution in [2.75, 3.05) is 25.2 Å². The van der Waals surface area contributed by atoms with Crippen LogP contribution in [0.25, 0.3) is 0 Å². The van der Waals surface area contributed by atoms with Gasteiger partial charge in [-0.05, 0) is 81.0 Å². The fraction of sp³-hybridized carbons (Fsp3) is 0.440. The van der Waals surface area contributed by atoms with Gasteiger partial charge in [-0.1, -0.05) is 19.1 Å². The molecule has 6 nitrogen and oxygen atoms in total. The minimum atomic E-state index is -0.329. The van der Waals surface area contributed by atoms with Crippen LogP contribution in [0.3, 0.4) is 0 Å². The van der Waals surface area contributed by atoms with Gasteiger partial charge in [-0.2, -0.15) is 5.10 Å². The van der Waals surface area contributed by atoms with Crippen LogP contribution in [0.4, 0.5) is 5.69 Å². The molecule has 31 heavy (non-hydrogen) atoms. The molecule has 1 atom stereocenters. The maximum Gasteiger partial charge on any atom is 0.277 e. The largest absolute Gasteiger partial charge is 0.493 e. The molecule has 0 aromatic heterocycles. The van der Waals surface area contributed by atoms with Crippen molar-refractivity contribution in [2.45, 2.75) is 52.5 Å². The average Bonchev–Trinajstić information content (AvgIpc) is 2.73. The monoisotopic (exact) mass is 423 g/mol. The van der Waals surface area contributed by atoms with Gasteiger partial charge >= 0.3 is 0 Å². The van der Waals surface area contributed by atoms with Gasteiger partial charge in [0.25, 0.3) is 5.91 Å². The van der Waals surface area contributed by atoms with E-state index in [2.05, 4.69) is 62.2 Å². The van der Waals surface area contributed by atoms with Gasteiger partial charge in [0.2, 0.25) is 0 Å². The van der Waals surface area contributed by atoms with Gasteiger partial charge in [-0.3, -0.25) is 4.79 Å². The summed E-state index contributed by atoms with van der Waals surface area (Å²) in [5.74, 6) is 1.24. The number of ether oxygens (including phenoxy) is 2. The zero-order valence-corrected chi connectivity index (χ0v) is 19.4. The van der Waals surface area contributed by atoms with Gasteiger partial charge in [0.1, 0.15) is 0 Å². The predicted octanol–water partition coefficient (Wildman–Crippen LogP) is 4.64. The average molecular weight is 424 g/mol. The minimum Gasteiger partial charge on any atom is -0.493 e. The molecule has 1 heterocycles. The molecular weight excluding hydrogens is 390 g/mol. The molecule has 1 unspecified atom stereocenters. The Hall–Kier alpha value is -3.02. The normalized spacial score (nSPS) is 17.4. The van der Waals surface area contributed by atoms with E-state index in [9.17, 15) is 4.79 Å². The lowest BCUT2D eigenvalue weighted by Crippen LogP contribution is -2.48. The zero-order chi connectivity index (χ0) is 22.6. The second-order valence-electron chi connectivity index (χ2n) is 8.66. The quantitative estimate of drug-likeness (QED) is 0.520. The molecule has 1 N–H and O–H groups in total. The van der Waals surface area contributed by atoms with Gasteiger partial charge in [-0.15, -0.1) is 0 Å². The smallest absolute Gasteiger partial charge is 0.277 e. The highest BCUT2D eigenvalue weighted by molar-refractivity contribution is 5.86. The van der Waals surface area contributed by atoms with Gasteiger partial charge in [0, 0.05) is 17.8 Å². The summed E-state index contributed by atoms with van der Waals surface area (Å²) in [4.78, 5) is 14.6.